The predicted octanol–water partition coefficient (Wildman–Crippen LogP) is 2.15. The highest BCUT2D eigenvalue weighted by molar-refractivity contribution is 7.86. The molecule has 2 fully saturated rings. The molecule has 0 spiro atoms. The van der Waals surface area contributed by atoms with Crippen molar-refractivity contribution in [1.29, 1.82) is 0 Å². The van der Waals surface area contributed by atoms with Crippen LogP contribution in [0.3, 0.4) is 0 Å². The summed E-state index contributed by atoms with van der Waals surface area (Å²) in [6.07, 6.45) is 4.33. The first kappa shape index (κ1) is 17.9. The van der Waals surface area contributed by atoms with Crippen molar-refractivity contribution < 1.29 is 13.2 Å². The van der Waals surface area contributed by atoms with E-state index in [9.17, 15) is 8.42 Å². The van der Waals surface area contributed by atoms with Crippen LogP contribution < -0.4 is 0 Å². The summed E-state index contributed by atoms with van der Waals surface area (Å²) < 4.78 is 34.0. The zero-order valence-electron chi connectivity index (χ0n) is 14.6. The Morgan fingerprint density at radius 2 is 1.88 bits per heavy atom. The van der Waals surface area contributed by atoms with Gasteiger partial charge in [-0.25, -0.2) is 0 Å². The van der Waals surface area contributed by atoms with E-state index >= 15 is 0 Å². The third-order valence-electron chi connectivity index (χ3n) is 5.00. The summed E-state index contributed by atoms with van der Waals surface area (Å²) in [7, 11) is -0.167. The molecule has 0 unspecified atom stereocenters. The van der Waals surface area contributed by atoms with E-state index in [0.29, 0.717) is 13.1 Å². The highest BCUT2D eigenvalue weighted by Gasteiger charge is 2.37. The van der Waals surface area contributed by atoms with E-state index in [-0.39, 0.29) is 12.0 Å². The molecule has 1 aliphatic heterocycles. The molecule has 2 atom stereocenters. The van der Waals surface area contributed by atoms with Crippen molar-refractivity contribution >= 4 is 10.2 Å². The van der Waals surface area contributed by atoms with Crippen molar-refractivity contribution in [3.8, 4) is 0 Å². The van der Waals surface area contributed by atoms with Crippen LogP contribution in [0.1, 0.15) is 24.8 Å². The van der Waals surface area contributed by atoms with Gasteiger partial charge < -0.3 is 4.74 Å². The van der Waals surface area contributed by atoms with E-state index in [1.54, 1.807) is 18.4 Å². The van der Waals surface area contributed by atoms with E-state index in [2.05, 4.69) is 12.1 Å². The van der Waals surface area contributed by atoms with Crippen LogP contribution in [0.25, 0.3) is 0 Å². The molecule has 1 aliphatic carbocycles. The van der Waals surface area contributed by atoms with Crippen molar-refractivity contribution in [2.75, 3.05) is 33.8 Å². The quantitative estimate of drug-likeness (QED) is 0.755. The van der Waals surface area contributed by atoms with Crippen molar-refractivity contribution in [1.82, 2.24) is 8.61 Å². The zero-order valence-corrected chi connectivity index (χ0v) is 15.4. The second-order valence-electron chi connectivity index (χ2n) is 7.20. The Morgan fingerprint density at radius 1 is 1.17 bits per heavy atom. The maximum absolute atomic E-state index is 12.5. The van der Waals surface area contributed by atoms with Gasteiger partial charge in [-0.2, -0.15) is 17.0 Å². The molecular formula is C18H28N2O3S. The summed E-state index contributed by atoms with van der Waals surface area (Å²) in [5.74, 6) is 0.931. The van der Waals surface area contributed by atoms with Crippen LogP contribution in [-0.2, 0) is 21.4 Å². The number of benzene rings is 1. The van der Waals surface area contributed by atoms with Crippen LogP contribution in [-0.4, -0.2) is 56.9 Å². The fourth-order valence-electron chi connectivity index (χ4n) is 3.29. The lowest BCUT2D eigenvalue weighted by Crippen LogP contribution is -2.50. The first-order chi connectivity index (χ1) is 11.5. The van der Waals surface area contributed by atoms with E-state index in [1.807, 2.05) is 18.2 Å². The molecule has 6 heteroatoms. The van der Waals surface area contributed by atoms with Gasteiger partial charge in [-0.1, -0.05) is 30.3 Å². The first-order valence-electron chi connectivity index (χ1n) is 8.80. The molecule has 0 amide bonds. The Kier molecular flexibility index (Phi) is 5.59. The van der Waals surface area contributed by atoms with Crippen LogP contribution in [0, 0.1) is 11.8 Å². The first-order valence-corrected chi connectivity index (χ1v) is 10.2. The second-order valence-corrected chi connectivity index (χ2v) is 9.34. The smallest absolute Gasteiger partial charge is 0.281 e. The van der Waals surface area contributed by atoms with Gasteiger partial charge in [0.25, 0.3) is 10.2 Å². The lowest BCUT2D eigenvalue weighted by Gasteiger charge is -2.38. The van der Waals surface area contributed by atoms with Gasteiger partial charge in [0.15, 0.2) is 0 Å². The zero-order chi connectivity index (χ0) is 17.2. The average Bonchev–Trinajstić information content (AvgIpc) is 3.38. The van der Waals surface area contributed by atoms with Crippen LogP contribution in [0.4, 0.5) is 0 Å². The van der Waals surface area contributed by atoms with Gasteiger partial charge in [0.2, 0.25) is 0 Å². The van der Waals surface area contributed by atoms with Crippen molar-refractivity contribution in [3.05, 3.63) is 35.9 Å². The molecule has 0 N–H and O–H groups in total. The van der Waals surface area contributed by atoms with Gasteiger partial charge in [-0.3, -0.25) is 0 Å². The second kappa shape index (κ2) is 7.52. The summed E-state index contributed by atoms with van der Waals surface area (Å²) in [6.45, 7) is 1.91. The molecule has 5 nitrogen and oxygen atoms in total. The van der Waals surface area contributed by atoms with Crippen molar-refractivity contribution in [2.24, 2.45) is 11.8 Å². The van der Waals surface area contributed by atoms with Gasteiger partial charge in [0.1, 0.15) is 0 Å². The van der Waals surface area contributed by atoms with Crippen LogP contribution >= 0.6 is 0 Å². The molecule has 0 aromatic heterocycles. The minimum Gasteiger partial charge on any atom is -0.378 e. The van der Waals surface area contributed by atoms with E-state index in [0.717, 1.165) is 25.4 Å². The van der Waals surface area contributed by atoms with Gasteiger partial charge in [-0.15, -0.1) is 0 Å². The minimum atomic E-state index is -3.36. The number of hydrogen-bond acceptors (Lipinski definition) is 3. The molecular weight excluding hydrogens is 324 g/mol. The predicted molar refractivity (Wildman–Crippen MR) is 94.9 cm³/mol. The monoisotopic (exact) mass is 352 g/mol. The van der Waals surface area contributed by atoms with Crippen LogP contribution in [0.5, 0.6) is 0 Å². The fourth-order valence-corrected chi connectivity index (χ4v) is 4.47. The van der Waals surface area contributed by atoms with Crippen molar-refractivity contribution in [2.45, 2.75) is 31.8 Å². The molecule has 134 valence electrons. The van der Waals surface area contributed by atoms with E-state index in [4.69, 9.17) is 4.74 Å². The van der Waals surface area contributed by atoms with Gasteiger partial charge in [0, 0.05) is 39.7 Å². The summed E-state index contributed by atoms with van der Waals surface area (Å²) in [4.78, 5) is 0. The van der Waals surface area contributed by atoms with E-state index < -0.39 is 10.2 Å². The molecule has 1 aromatic rings. The Balaban J connectivity index is 1.70. The highest BCUT2D eigenvalue weighted by atomic mass is 32.2. The Bertz CT molecular complexity index is 629. The topological polar surface area (TPSA) is 49.9 Å². The molecule has 3 rings (SSSR count). The lowest BCUT2D eigenvalue weighted by molar-refractivity contribution is -0.0238. The number of piperidine rings is 1. The number of rotatable bonds is 7. The maximum Gasteiger partial charge on any atom is 0.281 e. The summed E-state index contributed by atoms with van der Waals surface area (Å²) in [6, 6.07) is 10.3. The summed E-state index contributed by atoms with van der Waals surface area (Å²) in [5.41, 5.74) is 1.24. The number of hydrogen-bond donors (Lipinski definition) is 0. The standard InChI is InChI=1S/C18H28N2O3S/c1-19(2)24(21,22)20-11-10-18(23-14-16-8-9-16)17(13-20)12-15-6-4-3-5-7-15/h3-7,16-18H,8-14H2,1-2H3/t17-,18-/m0/s1. The van der Waals surface area contributed by atoms with Gasteiger partial charge in [-0.05, 0) is 37.2 Å². The Hall–Kier alpha value is -0.950. The Morgan fingerprint density at radius 3 is 2.50 bits per heavy atom. The fraction of sp³-hybridized carbons (Fsp3) is 0.667. The minimum absolute atomic E-state index is 0.152. The molecule has 1 aromatic carbocycles. The van der Waals surface area contributed by atoms with E-state index in [1.165, 1.54) is 22.7 Å². The normalized spacial score (nSPS) is 26.0. The van der Waals surface area contributed by atoms with Crippen LogP contribution in [0.2, 0.25) is 0 Å². The molecule has 24 heavy (non-hydrogen) atoms. The molecule has 1 saturated heterocycles. The van der Waals surface area contributed by atoms with Gasteiger partial charge in [0.05, 0.1) is 6.10 Å². The third-order valence-corrected chi connectivity index (χ3v) is 6.91. The highest BCUT2D eigenvalue weighted by Crippen LogP contribution is 2.32. The largest absolute Gasteiger partial charge is 0.378 e. The number of ether oxygens (including phenoxy) is 1. The molecule has 1 saturated carbocycles. The third kappa shape index (κ3) is 4.36. The lowest BCUT2D eigenvalue weighted by atomic mass is 9.89. The maximum atomic E-state index is 12.5. The van der Waals surface area contributed by atoms with Gasteiger partial charge >= 0.3 is 0 Å². The van der Waals surface area contributed by atoms with Crippen molar-refractivity contribution in [3.63, 3.8) is 0 Å². The summed E-state index contributed by atoms with van der Waals surface area (Å²) >= 11 is 0. The Labute approximate surface area is 145 Å². The van der Waals surface area contributed by atoms with Crippen LogP contribution in [0.15, 0.2) is 30.3 Å². The average molecular weight is 353 g/mol. The number of nitrogens with zero attached hydrogens (tertiary/aromatic N) is 2. The molecule has 0 radical (unpaired) electrons. The summed E-state index contributed by atoms with van der Waals surface area (Å²) in [5, 5.41) is 0. The SMILES string of the molecule is CN(C)S(=O)(=O)N1CC[C@H](OCC2CC2)[C@@H](Cc2ccccc2)C1. The molecule has 0 bridgehead atoms. The molecule has 1 heterocycles. The molecule has 2 aliphatic rings.